The Hall–Kier alpha value is -0.650. The van der Waals surface area contributed by atoms with Crippen molar-refractivity contribution in [2.75, 3.05) is 37.6 Å². The van der Waals surface area contributed by atoms with Crippen LogP contribution in [0.3, 0.4) is 0 Å². The molecular weight excluding hydrogens is 297 g/mol. The number of rotatable bonds is 3. The number of hydrogen-bond donors (Lipinski definition) is 0. The number of aromatic nitrogens is 3. The first-order valence-electron chi connectivity index (χ1n) is 7.25. The third kappa shape index (κ3) is 3.51. The number of likely N-dealkylation sites (tertiary alicyclic amines) is 1. The van der Waals surface area contributed by atoms with Crippen LogP contribution in [-0.2, 0) is 0 Å². The molecule has 2 saturated heterocycles. The zero-order valence-corrected chi connectivity index (χ0v) is 12.9. The number of hydrogen-bond acceptors (Lipinski definition) is 5. The van der Waals surface area contributed by atoms with Crippen molar-refractivity contribution in [2.45, 2.75) is 25.7 Å². The van der Waals surface area contributed by atoms with Crippen LogP contribution in [0.4, 0.5) is 5.95 Å². The van der Waals surface area contributed by atoms with Crippen molar-refractivity contribution in [2.24, 2.45) is 5.92 Å². The zero-order valence-electron chi connectivity index (χ0n) is 11.4. The van der Waals surface area contributed by atoms with Crippen LogP contribution in [0.5, 0.6) is 0 Å². The van der Waals surface area contributed by atoms with Crippen molar-refractivity contribution < 1.29 is 0 Å². The Balaban J connectivity index is 1.55. The molecular formula is C13H19Cl2N5. The topological polar surface area (TPSA) is 45.2 Å². The van der Waals surface area contributed by atoms with Crippen LogP contribution in [-0.4, -0.2) is 52.6 Å². The molecule has 0 atom stereocenters. The van der Waals surface area contributed by atoms with E-state index in [0.29, 0.717) is 5.95 Å². The summed E-state index contributed by atoms with van der Waals surface area (Å²) in [5.41, 5.74) is 0. The van der Waals surface area contributed by atoms with Crippen molar-refractivity contribution in [1.29, 1.82) is 0 Å². The Bertz CT molecular complexity index is 436. The van der Waals surface area contributed by atoms with Gasteiger partial charge in [0.25, 0.3) is 0 Å². The van der Waals surface area contributed by atoms with E-state index in [4.69, 9.17) is 23.2 Å². The molecule has 110 valence electrons. The largest absolute Gasteiger partial charge is 0.341 e. The minimum atomic E-state index is 0.166. The molecule has 0 spiro atoms. The first-order valence-corrected chi connectivity index (χ1v) is 8.01. The molecule has 0 saturated carbocycles. The number of nitrogens with zero attached hydrogens (tertiary/aromatic N) is 5. The molecule has 0 aromatic carbocycles. The molecule has 2 fully saturated rings. The summed E-state index contributed by atoms with van der Waals surface area (Å²) in [7, 11) is 0. The smallest absolute Gasteiger partial charge is 0.230 e. The van der Waals surface area contributed by atoms with Gasteiger partial charge in [-0.1, -0.05) is 0 Å². The Morgan fingerprint density at radius 2 is 1.50 bits per heavy atom. The SMILES string of the molecule is Clc1nc(Cl)nc(N2CCC(CN3CCCC3)CC2)n1. The summed E-state index contributed by atoms with van der Waals surface area (Å²) in [5, 5.41) is 0.332. The predicted molar refractivity (Wildman–Crippen MR) is 80.5 cm³/mol. The van der Waals surface area contributed by atoms with Crippen LogP contribution < -0.4 is 4.90 Å². The summed E-state index contributed by atoms with van der Waals surface area (Å²) in [6.45, 7) is 5.73. The number of piperidine rings is 1. The minimum absolute atomic E-state index is 0.166. The molecule has 0 bridgehead atoms. The highest BCUT2D eigenvalue weighted by atomic mass is 35.5. The van der Waals surface area contributed by atoms with Crippen LogP contribution in [0.15, 0.2) is 0 Å². The van der Waals surface area contributed by atoms with Crippen LogP contribution in [0.2, 0.25) is 10.6 Å². The molecule has 1 aromatic rings. The van der Waals surface area contributed by atoms with E-state index in [0.717, 1.165) is 19.0 Å². The molecule has 0 N–H and O–H groups in total. The highest BCUT2D eigenvalue weighted by Crippen LogP contribution is 2.24. The lowest BCUT2D eigenvalue weighted by molar-refractivity contribution is 0.249. The zero-order chi connectivity index (χ0) is 13.9. The average molecular weight is 316 g/mol. The number of halogens is 2. The van der Waals surface area contributed by atoms with Gasteiger partial charge in [-0.15, -0.1) is 0 Å². The van der Waals surface area contributed by atoms with Gasteiger partial charge in [-0.25, -0.2) is 0 Å². The van der Waals surface area contributed by atoms with E-state index >= 15 is 0 Å². The van der Waals surface area contributed by atoms with Gasteiger partial charge in [-0.3, -0.25) is 0 Å². The fourth-order valence-corrected chi connectivity index (χ4v) is 3.46. The summed E-state index contributed by atoms with van der Waals surface area (Å²) in [6.07, 6.45) is 5.08. The van der Waals surface area contributed by atoms with E-state index < -0.39 is 0 Å². The lowest BCUT2D eigenvalue weighted by Gasteiger charge is -2.33. The maximum absolute atomic E-state index is 5.83. The maximum atomic E-state index is 5.83. The van der Waals surface area contributed by atoms with E-state index in [1.807, 2.05) is 0 Å². The van der Waals surface area contributed by atoms with E-state index in [-0.39, 0.29) is 10.6 Å². The molecule has 3 heterocycles. The number of anilines is 1. The van der Waals surface area contributed by atoms with Gasteiger partial charge in [0.15, 0.2) is 0 Å². The Morgan fingerprint density at radius 3 is 2.10 bits per heavy atom. The monoisotopic (exact) mass is 315 g/mol. The quantitative estimate of drug-likeness (QED) is 0.857. The van der Waals surface area contributed by atoms with Crippen molar-refractivity contribution in [1.82, 2.24) is 19.9 Å². The van der Waals surface area contributed by atoms with Gasteiger partial charge in [0, 0.05) is 19.6 Å². The second-order valence-corrected chi connectivity index (χ2v) is 6.29. The molecule has 1 aromatic heterocycles. The van der Waals surface area contributed by atoms with Gasteiger partial charge in [0.2, 0.25) is 16.5 Å². The van der Waals surface area contributed by atoms with Crippen molar-refractivity contribution in [3.8, 4) is 0 Å². The van der Waals surface area contributed by atoms with Crippen LogP contribution in [0.25, 0.3) is 0 Å². The lowest BCUT2D eigenvalue weighted by atomic mass is 9.96. The van der Waals surface area contributed by atoms with E-state index in [1.165, 1.54) is 45.3 Å². The van der Waals surface area contributed by atoms with Gasteiger partial charge in [0.1, 0.15) is 0 Å². The second kappa shape index (κ2) is 6.41. The molecule has 0 aliphatic carbocycles. The molecule has 5 nitrogen and oxygen atoms in total. The highest BCUT2D eigenvalue weighted by molar-refractivity contribution is 6.31. The summed E-state index contributed by atoms with van der Waals surface area (Å²) < 4.78 is 0. The van der Waals surface area contributed by atoms with Crippen molar-refractivity contribution in [3.63, 3.8) is 0 Å². The molecule has 3 rings (SSSR count). The van der Waals surface area contributed by atoms with Crippen LogP contribution in [0.1, 0.15) is 25.7 Å². The van der Waals surface area contributed by atoms with E-state index in [1.54, 1.807) is 0 Å². The molecule has 0 radical (unpaired) electrons. The van der Waals surface area contributed by atoms with Crippen molar-refractivity contribution in [3.05, 3.63) is 10.6 Å². The Kier molecular flexibility index (Phi) is 4.58. The van der Waals surface area contributed by atoms with Gasteiger partial charge >= 0.3 is 0 Å². The summed E-state index contributed by atoms with van der Waals surface area (Å²) in [4.78, 5) is 16.9. The van der Waals surface area contributed by atoms with E-state index in [2.05, 4.69) is 24.8 Å². The van der Waals surface area contributed by atoms with Gasteiger partial charge in [0.05, 0.1) is 0 Å². The first-order chi connectivity index (χ1) is 9.70. The normalized spacial score (nSPS) is 21.6. The summed E-state index contributed by atoms with van der Waals surface area (Å²) in [5.74, 6) is 1.40. The van der Waals surface area contributed by atoms with Gasteiger partial charge in [-0.05, 0) is 67.9 Å². The third-order valence-corrected chi connectivity index (χ3v) is 4.52. The van der Waals surface area contributed by atoms with E-state index in [9.17, 15) is 0 Å². The molecule has 20 heavy (non-hydrogen) atoms. The van der Waals surface area contributed by atoms with Gasteiger partial charge in [-0.2, -0.15) is 15.0 Å². The molecule has 2 aliphatic rings. The highest BCUT2D eigenvalue weighted by Gasteiger charge is 2.24. The Labute approximate surface area is 129 Å². The molecule has 0 unspecified atom stereocenters. The first kappa shape index (κ1) is 14.3. The van der Waals surface area contributed by atoms with Crippen molar-refractivity contribution >= 4 is 29.2 Å². The summed E-state index contributed by atoms with van der Waals surface area (Å²) >= 11 is 11.7. The molecule has 2 aliphatic heterocycles. The standard InChI is InChI=1S/C13H19Cl2N5/c14-11-16-12(15)18-13(17-11)20-7-3-10(4-8-20)9-19-5-1-2-6-19/h10H,1-9H2. The van der Waals surface area contributed by atoms with Crippen LogP contribution in [0, 0.1) is 5.92 Å². The molecule has 0 amide bonds. The Morgan fingerprint density at radius 1 is 0.900 bits per heavy atom. The summed E-state index contributed by atoms with van der Waals surface area (Å²) in [6, 6.07) is 0. The average Bonchev–Trinajstić information content (AvgIpc) is 2.91. The minimum Gasteiger partial charge on any atom is -0.341 e. The maximum Gasteiger partial charge on any atom is 0.230 e. The van der Waals surface area contributed by atoms with Gasteiger partial charge < -0.3 is 9.80 Å². The predicted octanol–water partition coefficient (Wildman–Crippen LogP) is 2.49. The second-order valence-electron chi connectivity index (χ2n) is 5.61. The fraction of sp³-hybridized carbons (Fsp3) is 0.769. The molecule has 7 heteroatoms. The third-order valence-electron chi connectivity index (χ3n) is 4.18. The fourth-order valence-electron chi connectivity index (χ4n) is 3.10. The van der Waals surface area contributed by atoms with Crippen LogP contribution >= 0.6 is 23.2 Å². The lowest BCUT2D eigenvalue weighted by Crippen LogP contribution is -2.39.